The summed E-state index contributed by atoms with van der Waals surface area (Å²) < 4.78 is 11.6. The normalized spacial score (nSPS) is 34.5. The van der Waals surface area contributed by atoms with Gasteiger partial charge in [0.1, 0.15) is 11.9 Å². The predicted octanol–water partition coefficient (Wildman–Crippen LogP) is 10.9. The molecule has 4 aliphatic rings. The lowest BCUT2D eigenvalue weighted by atomic mass is 9.47. The van der Waals surface area contributed by atoms with E-state index in [1.54, 1.807) is 12.7 Å². The predicted molar refractivity (Wildman–Crippen MR) is 182 cm³/mol. The van der Waals surface area contributed by atoms with E-state index in [0.717, 1.165) is 76.9 Å². The lowest BCUT2D eigenvalue weighted by molar-refractivity contribution is -0.153. The minimum absolute atomic E-state index is 0.00180. The fourth-order valence-electron chi connectivity index (χ4n) is 10.8. The molecule has 3 saturated carbocycles. The van der Waals surface area contributed by atoms with Crippen LogP contribution >= 0.6 is 0 Å². The molecular formula is C41H58O3. The number of hydrogen-bond donors (Lipinski definition) is 0. The minimum atomic E-state index is -0.279. The molecule has 2 aromatic rings. The molecule has 0 bridgehead atoms. The Morgan fingerprint density at radius 3 is 2.45 bits per heavy atom. The SMILES string of the molecule is COc1ccc2cc([C@H](C)C(=O)O[C@H]3CC[C@@]4(C)C(=CC[C@H]5[C@@H]6CC[C@H]([C@H](C)CCCC(C)C)[C@@]6(C)CC[C@@H]54)C3)ccc2c1. The van der Waals surface area contributed by atoms with E-state index in [0.29, 0.717) is 5.41 Å². The van der Waals surface area contributed by atoms with Crippen LogP contribution in [0.15, 0.2) is 48.0 Å². The molecule has 0 N–H and O–H groups in total. The number of allylic oxidation sites excluding steroid dienone is 1. The Morgan fingerprint density at radius 1 is 0.909 bits per heavy atom. The van der Waals surface area contributed by atoms with Crippen LogP contribution in [-0.4, -0.2) is 19.2 Å². The standard InChI is InChI=1S/C41H58O3/c1-26(2)9-8-10-27(3)36-17-18-37-35-16-14-32-25-34(19-21-40(32,5)38(35)20-22-41(36,37)6)44-39(42)28(4)29-11-12-31-24-33(43-7)15-13-30(31)23-29/h11-15,23-24,26-28,34-38H,8-10,16-22,25H2,1-7H3/t27-,28+,34+,35+,36-,37+,38+,40+,41-/m1/s1. The summed E-state index contributed by atoms with van der Waals surface area (Å²) in [6.45, 7) is 14.6. The van der Waals surface area contributed by atoms with Crippen molar-refractivity contribution in [2.24, 2.45) is 46.3 Å². The van der Waals surface area contributed by atoms with Crippen molar-refractivity contribution in [1.29, 1.82) is 0 Å². The molecule has 6 rings (SSSR count). The van der Waals surface area contributed by atoms with Gasteiger partial charge in [-0.25, -0.2) is 0 Å². The Labute approximate surface area is 267 Å². The van der Waals surface area contributed by atoms with Gasteiger partial charge in [-0.1, -0.05) is 89.8 Å². The van der Waals surface area contributed by atoms with Gasteiger partial charge in [-0.3, -0.25) is 4.79 Å². The van der Waals surface area contributed by atoms with Crippen LogP contribution < -0.4 is 4.74 Å². The van der Waals surface area contributed by atoms with Crippen LogP contribution in [0.2, 0.25) is 0 Å². The van der Waals surface area contributed by atoms with Crippen molar-refractivity contribution in [2.75, 3.05) is 7.11 Å². The Balaban J connectivity index is 1.09. The third-order valence-electron chi connectivity index (χ3n) is 13.5. The third-order valence-corrected chi connectivity index (χ3v) is 13.5. The first kappa shape index (κ1) is 31.7. The first-order chi connectivity index (χ1) is 21.0. The second-order valence-electron chi connectivity index (χ2n) is 16.3. The zero-order valence-corrected chi connectivity index (χ0v) is 28.7. The molecule has 9 atom stereocenters. The second kappa shape index (κ2) is 12.5. The zero-order chi connectivity index (χ0) is 31.2. The van der Waals surface area contributed by atoms with E-state index in [9.17, 15) is 4.79 Å². The highest BCUT2D eigenvalue weighted by molar-refractivity contribution is 5.86. The summed E-state index contributed by atoms with van der Waals surface area (Å²) >= 11 is 0. The number of benzene rings is 2. The molecule has 3 nitrogen and oxygen atoms in total. The van der Waals surface area contributed by atoms with Gasteiger partial charge in [0.15, 0.2) is 0 Å². The van der Waals surface area contributed by atoms with Gasteiger partial charge in [0.2, 0.25) is 0 Å². The Bertz CT molecular complexity index is 1370. The summed E-state index contributed by atoms with van der Waals surface area (Å²) in [4.78, 5) is 13.4. The maximum Gasteiger partial charge on any atom is 0.313 e. The average Bonchev–Trinajstić information content (AvgIpc) is 3.37. The van der Waals surface area contributed by atoms with Crippen molar-refractivity contribution >= 4 is 16.7 Å². The molecule has 2 aromatic carbocycles. The van der Waals surface area contributed by atoms with E-state index >= 15 is 0 Å². The van der Waals surface area contributed by atoms with Gasteiger partial charge in [-0.05, 0) is 127 Å². The van der Waals surface area contributed by atoms with E-state index in [1.807, 2.05) is 19.1 Å². The van der Waals surface area contributed by atoms with E-state index in [4.69, 9.17) is 9.47 Å². The highest BCUT2D eigenvalue weighted by Gasteiger charge is 2.59. The van der Waals surface area contributed by atoms with Crippen molar-refractivity contribution in [2.45, 2.75) is 124 Å². The van der Waals surface area contributed by atoms with Crippen LogP contribution in [0, 0.1) is 46.3 Å². The average molecular weight is 599 g/mol. The number of esters is 1. The first-order valence-electron chi connectivity index (χ1n) is 18.0. The molecule has 0 aliphatic heterocycles. The minimum Gasteiger partial charge on any atom is -0.497 e. The van der Waals surface area contributed by atoms with Gasteiger partial charge in [0, 0.05) is 6.42 Å². The molecular weight excluding hydrogens is 540 g/mol. The first-order valence-corrected chi connectivity index (χ1v) is 18.0. The molecule has 4 aliphatic carbocycles. The van der Waals surface area contributed by atoms with Crippen molar-refractivity contribution in [3.63, 3.8) is 0 Å². The van der Waals surface area contributed by atoms with Gasteiger partial charge < -0.3 is 9.47 Å². The number of rotatable bonds is 9. The number of hydrogen-bond acceptors (Lipinski definition) is 3. The smallest absolute Gasteiger partial charge is 0.313 e. The van der Waals surface area contributed by atoms with Gasteiger partial charge >= 0.3 is 5.97 Å². The highest BCUT2D eigenvalue weighted by Crippen LogP contribution is 2.67. The van der Waals surface area contributed by atoms with E-state index in [2.05, 4.69) is 65.0 Å². The number of fused-ring (bicyclic) bond motifs is 6. The molecule has 0 unspecified atom stereocenters. The Morgan fingerprint density at radius 2 is 1.68 bits per heavy atom. The van der Waals surface area contributed by atoms with Crippen LogP contribution in [-0.2, 0) is 9.53 Å². The number of methoxy groups -OCH3 is 1. The lowest BCUT2D eigenvalue weighted by Gasteiger charge is -2.58. The number of ether oxygens (including phenoxy) is 2. The molecule has 0 spiro atoms. The molecule has 3 heteroatoms. The highest BCUT2D eigenvalue weighted by atomic mass is 16.5. The van der Waals surface area contributed by atoms with Crippen molar-refractivity contribution < 1.29 is 14.3 Å². The second-order valence-corrected chi connectivity index (χ2v) is 16.3. The largest absolute Gasteiger partial charge is 0.497 e. The summed E-state index contributed by atoms with van der Waals surface area (Å²) in [6.07, 6.45) is 16.8. The van der Waals surface area contributed by atoms with Crippen LogP contribution in [0.3, 0.4) is 0 Å². The van der Waals surface area contributed by atoms with E-state index in [1.165, 1.54) is 51.4 Å². The molecule has 0 radical (unpaired) electrons. The van der Waals surface area contributed by atoms with Crippen LogP contribution in [0.4, 0.5) is 0 Å². The fourth-order valence-corrected chi connectivity index (χ4v) is 10.8. The quantitative estimate of drug-likeness (QED) is 0.213. The van der Waals surface area contributed by atoms with Crippen LogP contribution in [0.5, 0.6) is 5.75 Å². The monoisotopic (exact) mass is 598 g/mol. The van der Waals surface area contributed by atoms with Crippen LogP contribution in [0.25, 0.3) is 10.8 Å². The molecule has 0 heterocycles. The van der Waals surface area contributed by atoms with Gasteiger partial charge in [0.25, 0.3) is 0 Å². The van der Waals surface area contributed by atoms with Crippen LogP contribution in [0.1, 0.15) is 124 Å². The topological polar surface area (TPSA) is 35.5 Å². The van der Waals surface area contributed by atoms with Gasteiger partial charge in [0.05, 0.1) is 13.0 Å². The van der Waals surface area contributed by atoms with E-state index in [-0.39, 0.29) is 23.4 Å². The summed E-state index contributed by atoms with van der Waals surface area (Å²) in [5.74, 6) is 5.58. The molecule has 0 saturated heterocycles. The summed E-state index contributed by atoms with van der Waals surface area (Å²) in [5.41, 5.74) is 3.41. The van der Waals surface area contributed by atoms with Crippen molar-refractivity contribution in [1.82, 2.24) is 0 Å². The maximum absolute atomic E-state index is 13.4. The molecule has 3 fully saturated rings. The third kappa shape index (κ3) is 5.75. The summed E-state index contributed by atoms with van der Waals surface area (Å²) in [7, 11) is 1.69. The Kier molecular flexibility index (Phi) is 8.99. The number of carbonyl (C=O) groups is 1. The van der Waals surface area contributed by atoms with Crippen molar-refractivity contribution in [3.05, 3.63) is 53.6 Å². The maximum atomic E-state index is 13.4. The zero-order valence-electron chi connectivity index (χ0n) is 28.7. The molecule has 0 amide bonds. The molecule has 240 valence electrons. The number of carbonyl (C=O) groups excluding carboxylic acids is 1. The van der Waals surface area contributed by atoms with E-state index < -0.39 is 0 Å². The Hall–Kier alpha value is -2.29. The van der Waals surface area contributed by atoms with Gasteiger partial charge in [-0.15, -0.1) is 0 Å². The summed E-state index contributed by atoms with van der Waals surface area (Å²) in [5, 5.41) is 2.24. The molecule has 0 aromatic heterocycles. The fraction of sp³-hybridized carbons (Fsp3) is 0.683. The van der Waals surface area contributed by atoms with Gasteiger partial charge in [-0.2, -0.15) is 0 Å². The molecule has 44 heavy (non-hydrogen) atoms. The van der Waals surface area contributed by atoms with Crippen molar-refractivity contribution in [3.8, 4) is 5.75 Å². The summed E-state index contributed by atoms with van der Waals surface area (Å²) in [6, 6.07) is 12.3. The lowest BCUT2D eigenvalue weighted by Crippen LogP contribution is -2.51.